The SMILES string of the molecule is Cc1nccn1CC(O)COc1ccccc1[N+](=O)[O-]. The Kier molecular flexibility index (Phi) is 4.31. The maximum absolute atomic E-state index is 10.8. The standard InChI is InChI=1S/C13H15N3O4/c1-10-14-6-7-15(10)8-11(17)9-20-13-5-3-2-4-12(13)16(18)19/h2-7,11,17H,8-9H2,1H3. The number of hydrogen-bond acceptors (Lipinski definition) is 5. The first kappa shape index (κ1) is 14.0. The quantitative estimate of drug-likeness (QED) is 0.639. The first-order valence-electron chi connectivity index (χ1n) is 6.10. The molecular weight excluding hydrogens is 262 g/mol. The molecular formula is C13H15N3O4. The average molecular weight is 277 g/mol. The molecule has 1 aromatic carbocycles. The molecule has 0 spiro atoms. The van der Waals surface area contributed by atoms with Crippen LogP contribution >= 0.6 is 0 Å². The molecule has 0 aliphatic carbocycles. The molecule has 1 N–H and O–H groups in total. The molecule has 0 aliphatic rings. The number of aliphatic hydroxyl groups is 1. The summed E-state index contributed by atoms with van der Waals surface area (Å²) in [4.78, 5) is 14.4. The Labute approximate surface area is 115 Å². The summed E-state index contributed by atoms with van der Waals surface area (Å²) >= 11 is 0. The highest BCUT2D eigenvalue weighted by molar-refractivity contribution is 5.45. The second kappa shape index (κ2) is 6.16. The minimum atomic E-state index is -0.775. The fourth-order valence-electron chi connectivity index (χ4n) is 1.79. The number of para-hydroxylation sites is 2. The Balaban J connectivity index is 1.95. The summed E-state index contributed by atoms with van der Waals surface area (Å²) in [6.07, 6.45) is 2.62. The van der Waals surface area contributed by atoms with Gasteiger partial charge in [-0.05, 0) is 13.0 Å². The molecule has 0 aliphatic heterocycles. The van der Waals surface area contributed by atoms with Crippen LogP contribution < -0.4 is 4.74 Å². The number of aromatic nitrogens is 2. The van der Waals surface area contributed by atoms with Crippen LogP contribution in [0.15, 0.2) is 36.7 Å². The Bertz CT molecular complexity index is 597. The van der Waals surface area contributed by atoms with E-state index < -0.39 is 11.0 Å². The predicted molar refractivity (Wildman–Crippen MR) is 71.6 cm³/mol. The van der Waals surface area contributed by atoms with Gasteiger partial charge in [-0.2, -0.15) is 0 Å². The lowest BCUT2D eigenvalue weighted by molar-refractivity contribution is -0.385. The van der Waals surface area contributed by atoms with Crippen molar-refractivity contribution in [2.45, 2.75) is 19.6 Å². The van der Waals surface area contributed by atoms with E-state index in [-0.39, 0.29) is 18.0 Å². The largest absolute Gasteiger partial charge is 0.484 e. The summed E-state index contributed by atoms with van der Waals surface area (Å²) in [5.41, 5.74) is -0.112. The molecule has 1 aromatic heterocycles. The number of aryl methyl sites for hydroxylation is 1. The number of hydrogen-bond donors (Lipinski definition) is 1. The number of ether oxygens (including phenoxy) is 1. The van der Waals surface area contributed by atoms with Crippen molar-refractivity contribution in [3.8, 4) is 5.75 Å². The van der Waals surface area contributed by atoms with Crippen molar-refractivity contribution < 1.29 is 14.8 Å². The number of benzene rings is 1. The first-order chi connectivity index (χ1) is 9.58. The number of rotatable bonds is 6. The molecule has 2 aromatic rings. The molecule has 1 atom stereocenters. The molecule has 0 saturated carbocycles. The third kappa shape index (κ3) is 3.33. The zero-order valence-corrected chi connectivity index (χ0v) is 11.0. The Hall–Kier alpha value is -2.41. The molecule has 1 heterocycles. The lowest BCUT2D eigenvalue weighted by Crippen LogP contribution is -2.24. The molecule has 0 saturated heterocycles. The van der Waals surface area contributed by atoms with Gasteiger partial charge in [-0.3, -0.25) is 10.1 Å². The van der Waals surface area contributed by atoms with Crippen molar-refractivity contribution in [3.63, 3.8) is 0 Å². The van der Waals surface area contributed by atoms with Crippen molar-refractivity contribution in [1.29, 1.82) is 0 Å². The van der Waals surface area contributed by atoms with Crippen LogP contribution in [0.1, 0.15) is 5.82 Å². The van der Waals surface area contributed by atoms with E-state index in [1.54, 1.807) is 29.1 Å². The Morgan fingerprint density at radius 2 is 2.25 bits per heavy atom. The van der Waals surface area contributed by atoms with E-state index in [1.165, 1.54) is 12.1 Å². The molecule has 7 nitrogen and oxygen atoms in total. The van der Waals surface area contributed by atoms with Crippen LogP contribution in [-0.2, 0) is 6.54 Å². The van der Waals surface area contributed by atoms with Gasteiger partial charge in [-0.15, -0.1) is 0 Å². The minimum Gasteiger partial charge on any atom is -0.484 e. The summed E-state index contributed by atoms with van der Waals surface area (Å²) in [6, 6.07) is 6.08. The van der Waals surface area contributed by atoms with E-state index in [0.717, 1.165) is 5.82 Å². The van der Waals surface area contributed by atoms with Crippen molar-refractivity contribution >= 4 is 5.69 Å². The summed E-state index contributed by atoms with van der Waals surface area (Å²) in [7, 11) is 0. The maximum Gasteiger partial charge on any atom is 0.310 e. The van der Waals surface area contributed by atoms with E-state index in [4.69, 9.17) is 4.74 Å². The van der Waals surface area contributed by atoms with Gasteiger partial charge >= 0.3 is 5.69 Å². The van der Waals surface area contributed by atoms with Gasteiger partial charge in [0.25, 0.3) is 0 Å². The molecule has 0 fully saturated rings. The molecule has 0 bridgehead atoms. The van der Waals surface area contributed by atoms with Crippen LogP contribution in [0.4, 0.5) is 5.69 Å². The zero-order valence-electron chi connectivity index (χ0n) is 11.0. The van der Waals surface area contributed by atoms with E-state index in [2.05, 4.69) is 4.98 Å². The van der Waals surface area contributed by atoms with Crippen molar-refractivity contribution in [2.75, 3.05) is 6.61 Å². The predicted octanol–water partition coefficient (Wildman–Crippen LogP) is 1.54. The van der Waals surface area contributed by atoms with Crippen LogP contribution in [0.25, 0.3) is 0 Å². The third-order valence-corrected chi connectivity index (χ3v) is 2.82. The fraction of sp³-hybridized carbons (Fsp3) is 0.308. The van der Waals surface area contributed by atoms with Crippen LogP contribution in [0, 0.1) is 17.0 Å². The number of nitrogens with zero attached hydrogens (tertiary/aromatic N) is 3. The highest BCUT2D eigenvalue weighted by Gasteiger charge is 2.15. The molecule has 106 valence electrons. The highest BCUT2D eigenvalue weighted by Crippen LogP contribution is 2.25. The summed E-state index contributed by atoms with van der Waals surface area (Å²) < 4.78 is 7.11. The van der Waals surface area contributed by atoms with Crippen molar-refractivity contribution in [2.24, 2.45) is 0 Å². The van der Waals surface area contributed by atoms with Gasteiger partial charge in [0.1, 0.15) is 18.5 Å². The third-order valence-electron chi connectivity index (χ3n) is 2.82. The number of aliphatic hydroxyl groups excluding tert-OH is 1. The Morgan fingerprint density at radius 3 is 2.90 bits per heavy atom. The Morgan fingerprint density at radius 1 is 1.50 bits per heavy atom. The van der Waals surface area contributed by atoms with E-state index >= 15 is 0 Å². The molecule has 2 rings (SSSR count). The van der Waals surface area contributed by atoms with Gasteiger partial charge in [0.15, 0.2) is 5.75 Å². The summed E-state index contributed by atoms with van der Waals surface area (Å²) in [5.74, 6) is 0.939. The van der Waals surface area contributed by atoms with Gasteiger partial charge in [0, 0.05) is 18.5 Å². The normalized spacial score (nSPS) is 12.1. The van der Waals surface area contributed by atoms with E-state index in [9.17, 15) is 15.2 Å². The van der Waals surface area contributed by atoms with Crippen LogP contribution in [0.5, 0.6) is 5.75 Å². The lowest BCUT2D eigenvalue weighted by atomic mass is 10.3. The number of nitro groups is 1. The van der Waals surface area contributed by atoms with E-state index in [0.29, 0.717) is 6.54 Å². The smallest absolute Gasteiger partial charge is 0.310 e. The van der Waals surface area contributed by atoms with Crippen LogP contribution in [0.2, 0.25) is 0 Å². The van der Waals surface area contributed by atoms with Crippen LogP contribution in [0.3, 0.4) is 0 Å². The van der Waals surface area contributed by atoms with Gasteiger partial charge < -0.3 is 14.4 Å². The molecule has 20 heavy (non-hydrogen) atoms. The number of imidazole rings is 1. The second-order valence-corrected chi connectivity index (χ2v) is 4.32. The first-order valence-corrected chi connectivity index (χ1v) is 6.10. The zero-order chi connectivity index (χ0) is 14.5. The monoisotopic (exact) mass is 277 g/mol. The van der Waals surface area contributed by atoms with Gasteiger partial charge in [-0.1, -0.05) is 12.1 Å². The highest BCUT2D eigenvalue weighted by atomic mass is 16.6. The second-order valence-electron chi connectivity index (χ2n) is 4.32. The van der Waals surface area contributed by atoms with Gasteiger partial charge in [0.2, 0.25) is 0 Å². The maximum atomic E-state index is 10.8. The van der Waals surface area contributed by atoms with Crippen molar-refractivity contribution in [1.82, 2.24) is 9.55 Å². The van der Waals surface area contributed by atoms with Crippen LogP contribution in [-0.4, -0.2) is 32.3 Å². The molecule has 0 amide bonds. The van der Waals surface area contributed by atoms with E-state index in [1.807, 2.05) is 6.92 Å². The summed E-state index contributed by atoms with van der Waals surface area (Å²) in [5, 5.41) is 20.7. The van der Waals surface area contributed by atoms with Gasteiger partial charge in [0.05, 0.1) is 11.5 Å². The fourth-order valence-corrected chi connectivity index (χ4v) is 1.79. The molecule has 0 radical (unpaired) electrons. The van der Waals surface area contributed by atoms with Gasteiger partial charge in [-0.25, -0.2) is 4.98 Å². The minimum absolute atomic E-state index is 0.0253. The average Bonchev–Trinajstić information content (AvgIpc) is 2.82. The molecule has 7 heteroatoms. The topological polar surface area (TPSA) is 90.4 Å². The summed E-state index contributed by atoms with van der Waals surface area (Å²) in [6.45, 7) is 2.13. The lowest BCUT2D eigenvalue weighted by Gasteiger charge is -2.13. The van der Waals surface area contributed by atoms with Crippen molar-refractivity contribution in [3.05, 3.63) is 52.6 Å². The number of nitro benzene ring substituents is 1. The molecule has 1 unspecified atom stereocenters.